The van der Waals surface area contributed by atoms with Crippen LogP contribution < -0.4 is 10.2 Å². The van der Waals surface area contributed by atoms with E-state index in [0.717, 1.165) is 41.9 Å². The number of rotatable bonds is 2. The van der Waals surface area contributed by atoms with Crippen LogP contribution in [0.4, 0.5) is 5.69 Å². The number of hydrogen-bond donors (Lipinski definition) is 2. The first-order chi connectivity index (χ1) is 12.3. The largest absolute Gasteiger partial charge is 0.369 e. The molecule has 128 valence electrons. The van der Waals surface area contributed by atoms with Gasteiger partial charge in [-0.3, -0.25) is 0 Å². The number of nitrogens with zero attached hydrogens (tertiary/aromatic N) is 4. The van der Waals surface area contributed by atoms with Gasteiger partial charge in [0.2, 0.25) is 0 Å². The van der Waals surface area contributed by atoms with Crippen LogP contribution in [0.1, 0.15) is 25.7 Å². The quantitative estimate of drug-likeness (QED) is 0.754. The second-order valence-electron chi connectivity index (χ2n) is 7.19. The van der Waals surface area contributed by atoms with Crippen LogP contribution in [0.25, 0.3) is 22.3 Å². The standard InChI is InChI=1S/C19H22N6/c1-2-7-24-19(5-1)6-10-25(12-19)16-4-9-21-18-17(16)14(11-22-18)15-3-8-20-13-23-15/h3-4,8-9,11,13,24H,1-2,5-7,10,12H2,(H,21,22)/t19-/m0/s1. The monoisotopic (exact) mass is 334 g/mol. The van der Waals surface area contributed by atoms with Crippen LogP contribution in [0.2, 0.25) is 0 Å². The lowest BCUT2D eigenvalue weighted by Gasteiger charge is -2.35. The molecule has 2 fully saturated rings. The van der Waals surface area contributed by atoms with Gasteiger partial charge >= 0.3 is 0 Å². The Bertz CT molecular complexity index is 881. The van der Waals surface area contributed by atoms with Gasteiger partial charge in [0.15, 0.2) is 0 Å². The van der Waals surface area contributed by atoms with Crippen LogP contribution >= 0.6 is 0 Å². The Balaban J connectivity index is 1.57. The molecule has 5 heterocycles. The van der Waals surface area contributed by atoms with E-state index < -0.39 is 0 Å². The molecule has 2 aliphatic rings. The zero-order valence-electron chi connectivity index (χ0n) is 14.2. The highest BCUT2D eigenvalue weighted by atomic mass is 15.2. The second-order valence-corrected chi connectivity index (χ2v) is 7.19. The summed E-state index contributed by atoms with van der Waals surface area (Å²) in [5.74, 6) is 0. The minimum absolute atomic E-state index is 0.291. The number of piperidine rings is 1. The molecule has 5 rings (SSSR count). The Morgan fingerprint density at radius 3 is 2.92 bits per heavy atom. The van der Waals surface area contributed by atoms with Crippen molar-refractivity contribution in [1.29, 1.82) is 0 Å². The van der Waals surface area contributed by atoms with Gasteiger partial charge in [0.25, 0.3) is 0 Å². The SMILES string of the molecule is c1cc(-c2c[nH]c3nccc(N4CC[C@@]5(CCCCN5)C4)c23)ncn1. The van der Waals surface area contributed by atoms with E-state index in [1.165, 1.54) is 31.4 Å². The van der Waals surface area contributed by atoms with Gasteiger partial charge in [-0.25, -0.2) is 15.0 Å². The summed E-state index contributed by atoms with van der Waals surface area (Å²) in [6, 6.07) is 4.09. The number of fused-ring (bicyclic) bond motifs is 1. The molecular formula is C19H22N6. The second kappa shape index (κ2) is 5.81. The first-order valence-corrected chi connectivity index (χ1v) is 9.07. The number of H-pyrrole nitrogens is 1. The predicted molar refractivity (Wildman–Crippen MR) is 98.5 cm³/mol. The van der Waals surface area contributed by atoms with Crippen molar-refractivity contribution in [3.63, 3.8) is 0 Å². The maximum absolute atomic E-state index is 4.52. The van der Waals surface area contributed by atoms with Gasteiger partial charge in [-0.05, 0) is 37.9 Å². The zero-order chi connectivity index (χ0) is 16.7. The topological polar surface area (TPSA) is 69.7 Å². The zero-order valence-corrected chi connectivity index (χ0v) is 14.2. The minimum atomic E-state index is 0.291. The maximum Gasteiger partial charge on any atom is 0.140 e. The maximum atomic E-state index is 4.52. The summed E-state index contributed by atoms with van der Waals surface area (Å²) >= 11 is 0. The van der Waals surface area contributed by atoms with Crippen molar-refractivity contribution < 1.29 is 0 Å². The molecule has 0 unspecified atom stereocenters. The highest BCUT2D eigenvalue weighted by Crippen LogP contribution is 2.38. The Kier molecular flexibility index (Phi) is 3.45. The fourth-order valence-corrected chi connectivity index (χ4v) is 4.41. The van der Waals surface area contributed by atoms with E-state index in [2.05, 4.69) is 36.2 Å². The molecular weight excluding hydrogens is 312 g/mol. The van der Waals surface area contributed by atoms with Crippen LogP contribution in [0.15, 0.2) is 37.1 Å². The van der Waals surface area contributed by atoms with Crippen molar-refractivity contribution in [2.24, 2.45) is 0 Å². The van der Waals surface area contributed by atoms with E-state index in [4.69, 9.17) is 0 Å². The molecule has 0 aliphatic carbocycles. The van der Waals surface area contributed by atoms with Crippen LogP contribution in [0.3, 0.4) is 0 Å². The number of aromatic amines is 1. The predicted octanol–water partition coefficient (Wildman–Crippen LogP) is 2.74. The first-order valence-electron chi connectivity index (χ1n) is 9.07. The van der Waals surface area contributed by atoms with Gasteiger partial charge < -0.3 is 15.2 Å². The first kappa shape index (κ1) is 14.8. The lowest BCUT2D eigenvalue weighted by molar-refractivity contribution is 0.280. The summed E-state index contributed by atoms with van der Waals surface area (Å²) in [4.78, 5) is 18.8. The number of hydrogen-bond acceptors (Lipinski definition) is 5. The van der Waals surface area contributed by atoms with Crippen molar-refractivity contribution in [3.8, 4) is 11.3 Å². The van der Waals surface area contributed by atoms with Gasteiger partial charge in [-0.1, -0.05) is 6.42 Å². The third-order valence-corrected chi connectivity index (χ3v) is 5.69. The summed E-state index contributed by atoms with van der Waals surface area (Å²) in [5, 5.41) is 4.96. The smallest absolute Gasteiger partial charge is 0.140 e. The molecule has 0 radical (unpaired) electrons. The van der Waals surface area contributed by atoms with Crippen molar-refractivity contribution in [3.05, 3.63) is 37.1 Å². The highest BCUT2D eigenvalue weighted by Gasteiger charge is 2.39. The van der Waals surface area contributed by atoms with Gasteiger partial charge in [0.1, 0.15) is 12.0 Å². The molecule has 25 heavy (non-hydrogen) atoms. The molecule has 6 nitrogen and oxygen atoms in total. The van der Waals surface area contributed by atoms with Crippen LogP contribution in [0, 0.1) is 0 Å². The van der Waals surface area contributed by atoms with Gasteiger partial charge in [-0.15, -0.1) is 0 Å². The Morgan fingerprint density at radius 2 is 2.08 bits per heavy atom. The van der Waals surface area contributed by atoms with E-state index >= 15 is 0 Å². The van der Waals surface area contributed by atoms with Crippen LogP contribution in [0.5, 0.6) is 0 Å². The van der Waals surface area contributed by atoms with Crippen molar-refractivity contribution in [2.45, 2.75) is 31.2 Å². The van der Waals surface area contributed by atoms with E-state index in [1.54, 1.807) is 12.5 Å². The van der Waals surface area contributed by atoms with E-state index in [-0.39, 0.29) is 0 Å². The van der Waals surface area contributed by atoms with Crippen LogP contribution in [-0.2, 0) is 0 Å². The van der Waals surface area contributed by atoms with E-state index in [1.807, 2.05) is 18.5 Å². The molecule has 0 aromatic carbocycles. The van der Waals surface area contributed by atoms with Gasteiger partial charge in [-0.2, -0.15) is 0 Å². The summed E-state index contributed by atoms with van der Waals surface area (Å²) < 4.78 is 0. The fourth-order valence-electron chi connectivity index (χ4n) is 4.41. The number of anilines is 1. The molecule has 1 spiro atoms. The van der Waals surface area contributed by atoms with Crippen LogP contribution in [-0.4, -0.2) is 45.1 Å². The fraction of sp³-hybridized carbons (Fsp3) is 0.421. The van der Waals surface area contributed by atoms with E-state index in [0.29, 0.717) is 5.54 Å². The molecule has 3 aromatic rings. The highest BCUT2D eigenvalue weighted by molar-refractivity contribution is 6.02. The molecule has 0 amide bonds. The molecule has 0 bridgehead atoms. The van der Waals surface area contributed by atoms with Crippen molar-refractivity contribution in [2.75, 3.05) is 24.5 Å². The van der Waals surface area contributed by atoms with Crippen molar-refractivity contribution >= 4 is 16.7 Å². The molecule has 1 atom stereocenters. The average Bonchev–Trinajstić information content (AvgIpc) is 3.28. The van der Waals surface area contributed by atoms with Crippen molar-refractivity contribution in [1.82, 2.24) is 25.3 Å². The number of aromatic nitrogens is 4. The summed E-state index contributed by atoms with van der Waals surface area (Å²) in [7, 11) is 0. The third kappa shape index (κ3) is 2.48. The summed E-state index contributed by atoms with van der Waals surface area (Å²) in [6.07, 6.45) is 12.4. The Labute approximate surface area is 146 Å². The molecule has 2 N–H and O–H groups in total. The molecule has 2 aliphatic heterocycles. The number of nitrogens with one attached hydrogen (secondary N) is 2. The number of pyridine rings is 1. The molecule has 3 aromatic heterocycles. The molecule has 0 saturated carbocycles. The van der Waals surface area contributed by atoms with Gasteiger partial charge in [0.05, 0.1) is 16.8 Å². The third-order valence-electron chi connectivity index (χ3n) is 5.69. The lowest BCUT2D eigenvalue weighted by Crippen LogP contribution is -2.50. The summed E-state index contributed by atoms with van der Waals surface area (Å²) in [5.41, 5.74) is 4.49. The Hall–Kier alpha value is -2.47. The summed E-state index contributed by atoms with van der Waals surface area (Å²) in [6.45, 7) is 3.30. The van der Waals surface area contributed by atoms with Gasteiger partial charge in [0, 0.05) is 42.8 Å². The minimum Gasteiger partial charge on any atom is -0.369 e. The normalized spacial score (nSPS) is 23.6. The average molecular weight is 334 g/mol. The van der Waals surface area contributed by atoms with E-state index in [9.17, 15) is 0 Å². The molecule has 6 heteroatoms. The Morgan fingerprint density at radius 1 is 1.08 bits per heavy atom. The molecule has 2 saturated heterocycles. The lowest BCUT2D eigenvalue weighted by atomic mass is 9.88.